The predicted octanol–water partition coefficient (Wildman–Crippen LogP) is 1.06. The Morgan fingerprint density at radius 2 is 1.89 bits per heavy atom. The number of carbonyl (C=O) groups excluding carboxylic acids is 1. The summed E-state index contributed by atoms with van der Waals surface area (Å²) in [6.45, 7) is 4.81. The Labute approximate surface area is 112 Å². The van der Waals surface area contributed by atoms with E-state index in [4.69, 9.17) is 17.3 Å². The molecule has 98 valence electrons. The number of amides is 1. The largest absolute Gasteiger partial charge is 0.336 e. The van der Waals surface area contributed by atoms with Crippen LogP contribution in [-0.2, 0) is 0 Å². The Balaban J connectivity index is 1.98. The number of benzene rings is 1. The molecule has 4 nitrogen and oxygen atoms in total. The van der Waals surface area contributed by atoms with Crippen molar-refractivity contribution < 1.29 is 4.79 Å². The summed E-state index contributed by atoms with van der Waals surface area (Å²) in [5.74, 6) is 0.0213. The van der Waals surface area contributed by atoms with Crippen molar-refractivity contribution in [2.24, 2.45) is 5.73 Å². The van der Waals surface area contributed by atoms with Crippen LogP contribution in [0.5, 0.6) is 0 Å². The van der Waals surface area contributed by atoms with Gasteiger partial charge in [-0.05, 0) is 12.1 Å². The lowest BCUT2D eigenvalue weighted by atomic mass is 10.2. The fraction of sp³-hybridized carbons (Fsp3) is 0.462. The van der Waals surface area contributed by atoms with Gasteiger partial charge in [0, 0.05) is 39.3 Å². The molecule has 0 spiro atoms. The number of nitrogens with zero attached hydrogens (tertiary/aromatic N) is 2. The van der Waals surface area contributed by atoms with Gasteiger partial charge in [-0.2, -0.15) is 0 Å². The van der Waals surface area contributed by atoms with Gasteiger partial charge >= 0.3 is 0 Å². The summed E-state index contributed by atoms with van der Waals surface area (Å²) in [4.78, 5) is 16.4. The van der Waals surface area contributed by atoms with Crippen LogP contribution in [0.25, 0.3) is 0 Å². The minimum atomic E-state index is 0.0213. The topological polar surface area (TPSA) is 49.6 Å². The summed E-state index contributed by atoms with van der Waals surface area (Å²) in [5.41, 5.74) is 6.11. The number of nitrogens with two attached hydrogens (primary N) is 1. The maximum atomic E-state index is 12.3. The molecule has 0 atom stereocenters. The second kappa shape index (κ2) is 6.18. The lowest BCUT2D eigenvalue weighted by Crippen LogP contribution is -2.49. The first-order chi connectivity index (χ1) is 8.72. The molecule has 0 aliphatic carbocycles. The zero-order valence-electron chi connectivity index (χ0n) is 10.3. The highest BCUT2D eigenvalue weighted by Crippen LogP contribution is 2.17. The summed E-state index contributed by atoms with van der Waals surface area (Å²) in [6, 6.07) is 7.19. The Kier molecular flexibility index (Phi) is 4.58. The second-order valence-corrected chi connectivity index (χ2v) is 4.81. The van der Waals surface area contributed by atoms with E-state index in [1.165, 1.54) is 0 Å². The number of halogens is 1. The average Bonchev–Trinajstić information content (AvgIpc) is 2.40. The number of hydrogen-bond donors (Lipinski definition) is 1. The van der Waals surface area contributed by atoms with Crippen LogP contribution < -0.4 is 5.73 Å². The van der Waals surface area contributed by atoms with Crippen molar-refractivity contribution in [3.05, 3.63) is 34.9 Å². The molecular formula is C13H18ClN3O. The highest BCUT2D eigenvalue weighted by molar-refractivity contribution is 6.33. The lowest BCUT2D eigenvalue weighted by molar-refractivity contribution is 0.0641. The quantitative estimate of drug-likeness (QED) is 0.891. The molecule has 1 aromatic carbocycles. The van der Waals surface area contributed by atoms with E-state index in [1.807, 2.05) is 17.0 Å². The molecule has 1 fully saturated rings. The van der Waals surface area contributed by atoms with E-state index in [9.17, 15) is 4.79 Å². The molecule has 0 bridgehead atoms. The number of rotatable bonds is 3. The van der Waals surface area contributed by atoms with Crippen molar-refractivity contribution >= 4 is 17.5 Å². The monoisotopic (exact) mass is 267 g/mol. The van der Waals surface area contributed by atoms with Gasteiger partial charge in [-0.25, -0.2) is 0 Å². The van der Waals surface area contributed by atoms with Gasteiger partial charge < -0.3 is 10.6 Å². The van der Waals surface area contributed by atoms with Crippen molar-refractivity contribution in [1.82, 2.24) is 9.80 Å². The predicted molar refractivity (Wildman–Crippen MR) is 72.8 cm³/mol. The Morgan fingerprint density at radius 1 is 1.22 bits per heavy atom. The molecule has 18 heavy (non-hydrogen) atoms. The lowest BCUT2D eigenvalue weighted by Gasteiger charge is -2.34. The standard InChI is InChI=1S/C13H18ClN3O/c14-12-4-2-1-3-11(12)13(18)17-9-7-16(6-5-15)8-10-17/h1-4H,5-10,15H2. The Hall–Kier alpha value is -1.10. The van der Waals surface area contributed by atoms with Crippen molar-refractivity contribution in [2.45, 2.75) is 0 Å². The maximum absolute atomic E-state index is 12.3. The molecule has 0 radical (unpaired) electrons. The molecular weight excluding hydrogens is 250 g/mol. The molecule has 0 aromatic heterocycles. The fourth-order valence-electron chi connectivity index (χ4n) is 2.16. The summed E-state index contributed by atoms with van der Waals surface area (Å²) >= 11 is 6.04. The van der Waals surface area contributed by atoms with E-state index in [-0.39, 0.29) is 5.91 Å². The third-order valence-corrected chi connectivity index (χ3v) is 3.54. The molecule has 2 N–H and O–H groups in total. The SMILES string of the molecule is NCCN1CCN(C(=O)c2ccccc2Cl)CC1. The summed E-state index contributed by atoms with van der Waals surface area (Å²) in [6.07, 6.45) is 0. The third kappa shape index (κ3) is 3.02. The Bertz CT molecular complexity index is 416. The van der Waals surface area contributed by atoms with Gasteiger partial charge in [0.2, 0.25) is 0 Å². The fourth-order valence-corrected chi connectivity index (χ4v) is 2.38. The zero-order chi connectivity index (χ0) is 13.0. The van der Waals surface area contributed by atoms with Crippen molar-refractivity contribution in [2.75, 3.05) is 39.3 Å². The van der Waals surface area contributed by atoms with Crippen LogP contribution in [-0.4, -0.2) is 55.0 Å². The van der Waals surface area contributed by atoms with Crippen molar-refractivity contribution in [3.8, 4) is 0 Å². The van der Waals surface area contributed by atoms with Gasteiger partial charge in [-0.3, -0.25) is 9.69 Å². The summed E-state index contributed by atoms with van der Waals surface area (Å²) in [7, 11) is 0. The highest BCUT2D eigenvalue weighted by atomic mass is 35.5. The number of hydrogen-bond acceptors (Lipinski definition) is 3. The third-order valence-electron chi connectivity index (χ3n) is 3.21. The molecule has 0 unspecified atom stereocenters. The van der Waals surface area contributed by atoms with E-state index in [2.05, 4.69) is 4.90 Å². The van der Waals surface area contributed by atoms with Crippen LogP contribution in [0.2, 0.25) is 5.02 Å². The van der Waals surface area contributed by atoms with E-state index >= 15 is 0 Å². The molecule has 2 rings (SSSR count). The molecule has 1 amide bonds. The first-order valence-corrected chi connectivity index (χ1v) is 6.56. The van der Waals surface area contributed by atoms with E-state index in [1.54, 1.807) is 12.1 Å². The normalized spacial score (nSPS) is 16.9. The van der Waals surface area contributed by atoms with Gasteiger partial charge in [-0.15, -0.1) is 0 Å². The first kappa shape index (κ1) is 13.3. The molecule has 1 aliphatic rings. The van der Waals surface area contributed by atoms with Crippen LogP contribution in [0.4, 0.5) is 0 Å². The molecule has 1 aliphatic heterocycles. The van der Waals surface area contributed by atoms with Crippen LogP contribution in [0.1, 0.15) is 10.4 Å². The first-order valence-electron chi connectivity index (χ1n) is 6.18. The minimum absolute atomic E-state index is 0.0213. The van der Waals surface area contributed by atoms with E-state index in [0.717, 1.165) is 32.7 Å². The smallest absolute Gasteiger partial charge is 0.255 e. The average molecular weight is 268 g/mol. The minimum Gasteiger partial charge on any atom is -0.336 e. The highest BCUT2D eigenvalue weighted by Gasteiger charge is 2.22. The summed E-state index contributed by atoms with van der Waals surface area (Å²) < 4.78 is 0. The second-order valence-electron chi connectivity index (χ2n) is 4.40. The van der Waals surface area contributed by atoms with E-state index < -0.39 is 0 Å². The van der Waals surface area contributed by atoms with Crippen LogP contribution in [0, 0.1) is 0 Å². The zero-order valence-corrected chi connectivity index (χ0v) is 11.1. The molecule has 0 saturated carbocycles. The van der Waals surface area contributed by atoms with E-state index in [0.29, 0.717) is 17.1 Å². The van der Waals surface area contributed by atoms with Crippen LogP contribution >= 0.6 is 11.6 Å². The number of piperazine rings is 1. The van der Waals surface area contributed by atoms with Crippen molar-refractivity contribution in [1.29, 1.82) is 0 Å². The summed E-state index contributed by atoms with van der Waals surface area (Å²) in [5, 5.41) is 0.520. The maximum Gasteiger partial charge on any atom is 0.255 e. The molecule has 1 saturated heterocycles. The number of carbonyl (C=O) groups is 1. The van der Waals surface area contributed by atoms with Gasteiger partial charge in [0.15, 0.2) is 0 Å². The van der Waals surface area contributed by atoms with Crippen LogP contribution in [0.3, 0.4) is 0 Å². The van der Waals surface area contributed by atoms with Gasteiger partial charge in [0.25, 0.3) is 5.91 Å². The molecule has 5 heteroatoms. The Morgan fingerprint density at radius 3 is 2.50 bits per heavy atom. The molecule has 1 aromatic rings. The van der Waals surface area contributed by atoms with Crippen LogP contribution in [0.15, 0.2) is 24.3 Å². The van der Waals surface area contributed by atoms with Gasteiger partial charge in [-0.1, -0.05) is 23.7 Å². The molecule has 1 heterocycles. The van der Waals surface area contributed by atoms with Gasteiger partial charge in [0.05, 0.1) is 10.6 Å². The van der Waals surface area contributed by atoms with Crippen molar-refractivity contribution in [3.63, 3.8) is 0 Å². The van der Waals surface area contributed by atoms with Gasteiger partial charge in [0.1, 0.15) is 0 Å².